The molecule has 4 N–H and O–H groups in total. The van der Waals surface area contributed by atoms with E-state index < -0.39 is 24.2 Å². The van der Waals surface area contributed by atoms with E-state index in [1.54, 1.807) is 55.0 Å². The molecule has 0 spiro atoms. The van der Waals surface area contributed by atoms with Crippen LogP contribution >= 0.6 is 0 Å². The largest absolute Gasteiger partial charge is 0.488 e. The summed E-state index contributed by atoms with van der Waals surface area (Å²) < 4.78 is 39.1. The molecule has 0 radical (unpaired) electrons. The number of fused-ring (bicyclic) bond motifs is 1. The van der Waals surface area contributed by atoms with Crippen LogP contribution in [0.25, 0.3) is 16.8 Å². The Hall–Kier alpha value is -3.42. The fourth-order valence-corrected chi connectivity index (χ4v) is 5.41. The zero-order valence-electron chi connectivity index (χ0n) is 21.5. The summed E-state index contributed by atoms with van der Waals surface area (Å²) in [6, 6.07) is 12.8. The molecule has 0 bridgehead atoms. The normalized spacial score (nSPS) is 14.1. The molecule has 4 aromatic rings. The van der Waals surface area contributed by atoms with Crippen LogP contribution in [0.2, 0.25) is 0 Å². The number of aryl methyl sites for hydroxylation is 1. The smallest absolute Gasteiger partial charge is 0.423 e. The number of carbonyl (C=O) groups excluding carboxylic acids is 1. The molecular weight excluding hydrogens is 522 g/mol. The van der Waals surface area contributed by atoms with Crippen molar-refractivity contribution in [1.82, 2.24) is 19.2 Å². The Balaban J connectivity index is 1.55. The zero-order valence-corrected chi connectivity index (χ0v) is 22.3. The molecule has 1 unspecified atom stereocenters. The first-order valence-corrected chi connectivity index (χ1v) is 13.6. The van der Waals surface area contributed by atoms with Crippen LogP contribution in [-0.4, -0.2) is 52.8 Å². The van der Waals surface area contributed by atoms with Crippen LogP contribution in [0.5, 0.6) is 0 Å². The van der Waals surface area contributed by atoms with E-state index in [4.69, 9.17) is 0 Å². The highest BCUT2D eigenvalue weighted by atomic mass is 32.2. The molecule has 2 aromatic heterocycles. The Morgan fingerprint density at radius 2 is 1.90 bits per heavy atom. The van der Waals surface area contributed by atoms with E-state index in [0.29, 0.717) is 33.4 Å². The van der Waals surface area contributed by atoms with Crippen LogP contribution in [0.15, 0.2) is 54.7 Å². The maximum atomic E-state index is 13.6. The number of amides is 1. The van der Waals surface area contributed by atoms with Crippen molar-refractivity contribution in [2.45, 2.75) is 38.8 Å². The third-order valence-electron chi connectivity index (χ3n) is 7.02. The summed E-state index contributed by atoms with van der Waals surface area (Å²) in [5, 5.41) is 26.3. The fourth-order valence-electron chi connectivity index (χ4n) is 4.90. The van der Waals surface area contributed by atoms with E-state index in [2.05, 4.69) is 10.4 Å². The SMILES string of the molecule is CNC(=O)c1c(-c2ccc(F)cc2)nn2cc(CN(Cc3ccc(B(O)O)c(C)c3)S(=O)O)c(C3CC3)cc12. The molecule has 1 aliphatic carbocycles. The molecule has 39 heavy (non-hydrogen) atoms. The van der Waals surface area contributed by atoms with Crippen LogP contribution in [-0.2, 0) is 24.4 Å². The van der Waals surface area contributed by atoms with Gasteiger partial charge in [0, 0.05) is 31.9 Å². The Bertz CT molecular complexity index is 1570. The van der Waals surface area contributed by atoms with Crippen molar-refractivity contribution in [3.05, 3.63) is 88.4 Å². The summed E-state index contributed by atoms with van der Waals surface area (Å²) in [6.07, 6.45) is 3.74. The molecule has 1 aliphatic rings. The van der Waals surface area contributed by atoms with Crippen molar-refractivity contribution in [2.75, 3.05) is 7.05 Å². The van der Waals surface area contributed by atoms with E-state index in [1.807, 2.05) is 6.07 Å². The fraction of sp³-hybridized carbons (Fsp3) is 0.259. The predicted molar refractivity (Wildman–Crippen MR) is 147 cm³/mol. The number of hydrogen-bond acceptors (Lipinski definition) is 5. The zero-order chi connectivity index (χ0) is 27.8. The van der Waals surface area contributed by atoms with E-state index in [-0.39, 0.29) is 24.9 Å². The molecule has 0 saturated heterocycles. The lowest BCUT2D eigenvalue weighted by atomic mass is 9.77. The summed E-state index contributed by atoms with van der Waals surface area (Å²) in [6.45, 7) is 2.05. The topological polar surface area (TPSA) is 127 Å². The summed E-state index contributed by atoms with van der Waals surface area (Å²) in [7, 11) is -0.0519. The van der Waals surface area contributed by atoms with Gasteiger partial charge >= 0.3 is 7.12 Å². The predicted octanol–water partition coefficient (Wildman–Crippen LogP) is 2.50. The molecule has 12 heteroatoms. The summed E-state index contributed by atoms with van der Waals surface area (Å²) >= 11 is -2.29. The molecule has 2 heterocycles. The summed E-state index contributed by atoms with van der Waals surface area (Å²) in [5.41, 5.74) is 5.57. The Kier molecular flexibility index (Phi) is 7.65. The van der Waals surface area contributed by atoms with Crippen molar-refractivity contribution in [3.63, 3.8) is 0 Å². The second kappa shape index (κ2) is 11.0. The van der Waals surface area contributed by atoms with Gasteiger partial charge in [0.05, 0.1) is 11.1 Å². The lowest BCUT2D eigenvalue weighted by molar-refractivity contribution is 0.0965. The van der Waals surface area contributed by atoms with Crippen molar-refractivity contribution in [3.8, 4) is 11.3 Å². The Morgan fingerprint density at radius 3 is 2.49 bits per heavy atom. The number of aromatic nitrogens is 2. The van der Waals surface area contributed by atoms with Gasteiger partial charge in [-0.25, -0.2) is 13.1 Å². The van der Waals surface area contributed by atoms with Gasteiger partial charge in [-0.15, -0.1) is 0 Å². The lowest BCUT2D eigenvalue weighted by Gasteiger charge is -2.20. The molecule has 1 amide bonds. The molecule has 1 atom stereocenters. The number of pyridine rings is 1. The maximum absolute atomic E-state index is 13.6. The third-order valence-corrected chi connectivity index (χ3v) is 7.72. The average molecular weight is 550 g/mol. The maximum Gasteiger partial charge on any atom is 0.488 e. The van der Waals surface area contributed by atoms with Gasteiger partial charge in [0.1, 0.15) is 11.5 Å². The van der Waals surface area contributed by atoms with Crippen molar-refractivity contribution in [2.24, 2.45) is 0 Å². The highest BCUT2D eigenvalue weighted by Crippen LogP contribution is 2.43. The molecule has 2 aromatic carbocycles. The molecule has 0 aliphatic heterocycles. The summed E-state index contributed by atoms with van der Waals surface area (Å²) in [4.78, 5) is 12.9. The second-order valence-electron chi connectivity index (χ2n) is 9.76. The Morgan fingerprint density at radius 1 is 1.18 bits per heavy atom. The van der Waals surface area contributed by atoms with Crippen molar-refractivity contribution in [1.29, 1.82) is 0 Å². The number of nitrogens with zero attached hydrogens (tertiary/aromatic N) is 3. The van der Waals surface area contributed by atoms with Crippen LogP contribution in [0.3, 0.4) is 0 Å². The number of carbonyl (C=O) groups is 1. The van der Waals surface area contributed by atoms with Gasteiger partial charge in [-0.05, 0) is 78.2 Å². The molecule has 202 valence electrons. The molecule has 1 saturated carbocycles. The van der Waals surface area contributed by atoms with Gasteiger partial charge in [0.25, 0.3) is 5.91 Å². The first kappa shape index (κ1) is 27.2. The number of rotatable bonds is 9. The van der Waals surface area contributed by atoms with Gasteiger partial charge < -0.3 is 15.4 Å². The van der Waals surface area contributed by atoms with Gasteiger partial charge in [-0.2, -0.15) is 9.40 Å². The number of benzene rings is 2. The van der Waals surface area contributed by atoms with Gasteiger partial charge in [0.15, 0.2) is 0 Å². The minimum atomic E-state index is -2.29. The number of hydrogen-bond donors (Lipinski definition) is 4. The molecule has 9 nitrogen and oxygen atoms in total. The lowest BCUT2D eigenvalue weighted by Crippen LogP contribution is -2.32. The molecular formula is C27H28BFN4O5S. The quantitative estimate of drug-likeness (QED) is 0.187. The van der Waals surface area contributed by atoms with Crippen LogP contribution in [0, 0.1) is 12.7 Å². The van der Waals surface area contributed by atoms with E-state index >= 15 is 0 Å². The van der Waals surface area contributed by atoms with Crippen molar-refractivity contribution >= 4 is 35.3 Å². The number of halogens is 1. The van der Waals surface area contributed by atoms with E-state index in [0.717, 1.165) is 29.5 Å². The summed E-state index contributed by atoms with van der Waals surface area (Å²) in [5.74, 6) is -0.436. The standard InChI is InChI=1S/C27H28BFN4O5S/c1-16-11-17(3-10-23(16)28(35)36)13-32(39(37)38)14-20-15-33-24(12-22(20)18-4-5-18)25(27(34)30-2)26(31-33)19-6-8-21(29)9-7-19/h3,6-12,15,18,35-36H,4-5,13-14H2,1-2H3,(H,30,34)(H,37,38). The minimum absolute atomic E-state index is 0.148. The van der Waals surface area contributed by atoms with E-state index in [9.17, 15) is 28.0 Å². The molecule has 1 fully saturated rings. The number of nitrogens with one attached hydrogen (secondary N) is 1. The second-order valence-corrected chi connectivity index (χ2v) is 10.7. The third kappa shape index (κ3) is 5.65. The highest BCUT2D eigenvalue weighted by molar-refractivity contribution is 7.76. The van der Waals surface area contributed by atoms with Gasteiger partial charge in [-0.1, -0.05) is 23.8 Å². The first-order chi connectivity index (χ1) is 18.7. The first-order valence-electron chi connectivity index (χ1n) is 12.5. The van der Waals surface area contributed by atoms with Crippen molar-refractivity contribution < 1.29 is 28.0 Å². The van der Waals surface area contributed by atoms with Crippen LogP contribution in [0.1, 0.15) is 51.4 Å². The van der Waals surface area contributed by atoms with E-state index in [1.165, 1.54) is 16.4 Å². The molecule has 5 rings (SSSR count). The monoisotopic (exact) mass is 550 g/mol. The Labute approximate surface area is 227 Å². The minimum Gasteiger partial charge on any atom is -0.423 e. The average Bonchev–Trinajstić information content (AvgIpc) is 3.68. The van der Waals surface area contributed by atoms with Gasteiger partial charge in [0.2, 0.25) is 11.3 Å². The van der Waals surface area contributed by atoms with Gasteiger partial charge in [-0.3, -0.25) is 9.35 Å². The highest BCUT2D eigenvalue weighted by Gasteiger charge is 2.30. The van der Waals surface area contributed by atoms with Crippen LogP contribution < -0.4 is 10.8 Å². The van der Waals surface area contributed by atoms with Crippen LogP contribution in [0.4, 0.5) is 4.39 Å².